The molecule has 2 aliphatic heterocycles. The van der Waals surface area contributed by atoms with Gasteiger partial charge in [0, 0.05) is 37.3 Å². The molecule has 2 heterocycles. The summed E-state index contributed by atoms with van der Waals surface area (Å²) in [6.45, 7) is 13.5. The van der Waals surface area contributed by atoms with E-state index in [4.69, 9.17) is 4.74 Å². The molecule has 0 spiro atoms. The van der Waals surface area contributed by atoms with E-state index in [1.54, 1.807) is 32.9 Å². The van der Waals surface area contributed by atoms with E-state index >= 15 is 0 Å². The van der Waals surface area contributed by atoms with Crippen molar-refractivity contribution in [1.29, 1.82) is 0 Å². The van der Waals surface area contributed by atoms with Crippen LogP contribution in [0.3, 0.4) is 0 Å². The second-order valence-corrected chi connectivity index (χ2v) is 11.5. The number of amides is 1. The molecule has 0 aromatic heterocycles. The van der Waals surface area contributed by atoms with Crippen molar-refractivity contribution in [2.24, 2.45) is 5.92 Å². The van der Waals surface area contributed by atoms with E-state index in [-0.39, 0.29) is 10.8 Å². The standard InChI is InChI=1S/C23H37N3O4S/c1-18-5-6-20(31(28,29)24-23(2,3)4)17-21(18)22(27)26-11-8-19(9-12-26)7-10-25-13-15-30-16-14-25/h5-6,17,19,24H,7-16H2,1-4H3. The molecule has 0 bridgehead atoms. The van der Waals surface area contributed by atoms with Gasteiger partial charge >= 0.3 is 0 Å². The predicted octanol–water partition coefficient (Wildman–Crippen LogP) is 2.65. The number of hydrogen-bond donors (Lipinski definition) is 1. The Morgan fingerprint density at radius 3 is 2.39 bits per heavy atom. The fourth-order valence-corrected chi connectivity index (χ4v) is 5.69. The van der Waals surface area contributed by atoms with Crippen LogP contribution in [0.5, 0.6) is 0 Å². The normalized spacial score (nSPS) is 19.5. The molecule has 2 aliphatic rings. The highest BCUT2D eigenvalue weighted by molar-refractivity contribution is 7.89. The molecule has 1 amide bonds. The van der Waals surface area contributed by atoms with Crippen LogP contribution in [-0.2, 0) is 14.8 Å². The van der Waals surface area contributed by atoms with Gasteiger partial charge < -0.3 is 9.64 Å². The van der Waals surface area contributed by atoms with Crippen LogP contribution in [0.2, 0.25) is 0 Å². The molecule has 2 fully saturated rings. The molecular formula is C23H37N3O4S. The van der Waals surface area contributed by atoms with Gasteiger partial charge in [-0.3, -0.25) is 9.69 Å². The van der Waals surface area contributed by atoms with E-state index in [0.717, 1.165) is 70.8 Å². The van der Waals surface area contributed by atoms with Crippen molar-refractivity contribution >= 4 is 15.9 Å². The Balaban J connectivity index is 1.60. The molecule has 3 rings (SSSR count). The van der Waals surface area contributed by atoms with Gasteiger partial charge in [0.1, 0.15) is 0 Å². The van der Waals surface area contributed by atoms with Crippen LogP contribution in [0.25, 0.3) is 0 Å². The predicted molar refractivity (Wildman–Crippen MR) is 122 cm³/mol. The van der Waals surface area contributed by atoms with Crippen molar-refractivity contribution in [2.75, 3.05) is 45.9 Å². The van der Waals surface area contributed by atoms with Crippen molar-refractivity contribution in [2.45, 2.75) is 57.4 Å². The molecule has 7 nitrogen and oxygen atoms in total. The largest absolute Gasteiger partial charge is 0.379 e. The summed E-state index contributed by atoms with van der Waals surface area (Å²) < 4.78 is 33.5. The zero-order valence-corrected chi connectivity index (χ0v) is 20.1. The average Bonchev–Trinajstić information content (AvgIpc) is 2.71. The fourth-order valence-electron chi connectivity index (χ4n) is 4.25. The molecule has 1 N–H and O–H groups in total. The summed E-state index contributed by atoms with van der Waals surface area (Å²) in [7, 11) is -3.68. The summed E-state index contributed by atoms with van der Waals surface area (Å²) in [5, 5.41) is 0. The molecule has 0 aliphatic carbocycles. The fraction of sp³-hybridized carbons (Fsp3) is 0.696. The van der Waals surface area contributed by atoms with Crippen molar-refractivity contribution in [3.05, 3.63) is 29.3 Å². The van der Waals surface area contributed by atoms with E-state index in [9.17, 15) is 13.2 Å². The Morgan fingerprint density at radius 1 is 1.13 bits per heavy atom. The summed E-state index contributed by atoms with van der Waals surface area (Å²) in [6.07, 6.45) is 3.16. The van der Waals surface area contributed by atoms with Gasteiger partial charge in [0.05, 0.1) is 18.1 Å². The number of carbonyl (C=O) groups is 1. The summed E-state index contributed by atoms with van der Waals surface area (Å²) >= 11 is 0. The Morgan fingerprint density at radius 2 is 1.77 bits per heavy atom. The lowest BCUT2D eigenvalue weighted by Gasteiger charge is -2.34. The number of ether oxygens (including phenoxy) is 1. The topological polar surface area (TPSA) is 79.0 Å². The van der Waals surface area contributed by atoms with Crippen LogP contribution in [0.15, 0.2) is 23.1 Å². The van der Waals surface area contributed by atoms with Gasteiger partial charge in [0.2, 0.25) is 10.0 Å². The van der Waals surface area contributed by atoms with E-state index in [1.807, 2.05) is 11.8 Å². The van der Waals surface area contributed by atoms with E-state index < -0.39 is 15.6 Å². The minimum atomic E-state index is -3.68. The quantitative estimate of drug-likeness (QED) is 0.719. The molecule has 2 saturated heterocycles. The number of rotatable bonds is 6. The third-order valence-electron chi connectivity index (χ3n) is 6.05. The highest BCUT2D eigenvalue weighted by Crippen LogP contribution is 2.24. The van der Waals surface area contributed by atoms with Crippen LogP contribution in [0, 0.1) is 12.8 Å². The summed E-state index contributed by atoms with van der Waals surface area (Å²) in [4.78, 5) is 17.7. The van der Waals surface area contributed by atoms with Crippen molar-refractivity contribution in [3.8, 4) is 0 Å². The molecule has 174 valence electrons. The second kappa shape index (κ2) is 9.98. The molecule has 31 heavy (non-hydrogen) atoms. The first-order valence-electron chi connectivity index (χ1n) is 11.3. The number of hydrogen-bond acceptors (Lipinski definition) is 5. The number of piperidine rings is 1. The number of sulfonamides is 1. The molecular weight excluding hydrogens is 414 g/mol. The van der Waals surface area contributed by atoms with Gasteiger partial charge in [-0.05, 0) is 77.1 Å². The summed E-state index contributed by atoms with van der Waals surface area (Å²) in [5.74, 6) is 0.563. The summed E-state index contributed by atoms with van der Waals surface area (Å²) in [5.41, 5.74) is 0.689. The zero-order chi connectivity index (χ0) is 22.6. The van der Waals surface area contributed by atoms with E-state index in [1.165, 1.54) is 6.07 Å². The molecule has 0 radical (unpaired) electrons. The van der Waals surface area contributed by atoms with Crippen LogP contribution in [0.1, 0.15) is 56.0 Å². The maximum atomic E-state index is 13.2. The minimum absolute atomic E-state index is 0.0723. The number of nitrogens with one attached hydrogen (secondary N) is 1. The number of benzene rings is 1. The Hall–Kier alpha value is -1.48. The molecule has 1 aromatic rings. The van der Waals surface area contributed by atoms with Crippen LogP contribution < -0.4 is 4.72 Å². The first-order chi connectivity index (χ1) is 14.5. The van der Waals surface area contributed by atoms with Crippen LogP contribution in [-0.4, -0.2) is 75.6 Å². The lowest BCUT2D eigenvalue weighted by Crippen LogP contribution is -2.41. The number of nitrogens with zero attached hydrogens (tertiary/aromatic N) is 2. The Kier molecular flexibility index (Phi) is 7.78. The third kappa shape index (κ3) is 6.75. The van der Waals surface area contributed by atoms with E-state index in [2.05, 4.69) is 9.62 Å². The third-order valence-corrected chi connectivity index (χ3v) is 7.80. The number of likely N-dealkylation sites (tertiary alicyclic amines) is 1. The maximum absolute atomic E-state index is 13.2. The van der Waals surface area contributed by atoms with Gasteiger partial charge in [0.25, 0.3) is 5.91 Å². The summed E-state index contributed by atoms with van der Waals surface area (Å²) in [6, 6.07) is 4.81. The number of carbonyl (C=O) groups excluding carboxylic acids is 1. The van der Waals surface area contributed by atoms with Crippen molar-refractivity contribution < 1.29 is 17.9 Å². The minimum Gasteiger partial charge on any atom is -0.379 e. The van der Waals surface area contributed by atoms with Crippen LogP contribution in [0.4, 0.5) is 0 Å². The monoisotopic (exact) mass is 451 g/mol. The molecule has 8 heteroatoms. The molecule has 1 aromatic carbocycles. The average molecular weight is 452 g/mol. The van der Waals surface area contributed by atoms with Gasteiger partial charge in [-0.1, -0.05) is 6.07 Å². The lowest BCUT2D eigenvalue weighted by atomic mass is 9.92. The highest BCUT2D eigenvalue weighted by atomic mass is 32.2. The number of morpholine rings is 1. The van der Waals surface area contributed by atoms with Gasteiger partial charge in [-0.2, -0.15) is 0 Å². The molecule has 0 atom stereocenters. The first kappa shape index (κ1) is 24.2. The Labute approximate surface area is 187 Å². The Bertz CT molecular complexity index is 865. The van der Waals surface area contributed by atoms with Gasteiger partial charge in [0.15, 0.2) is 0 Å². The lowest BCUT2D eigenvalue weighted by molar-refractivity contribution is 0.0332. The first-order valence-corrected chi connectivity index (χ1v) is 12.8. The highest BCUT2D eigenvalue weighted by Gasteiger charge is 2.27. The van der Waals surface area contributed by atoms with Crippen molar-refractivity contribution in [3.63, 3.8) is 0 Å². The smallest absolute Gasteiger partial charge is 0.254 e. The van der Waals surface area contributed by atoms with E-state index in [0.29, 0.717) is 11.5 Å². The van der Waals surface area contributed by atoms with Gasteiger partial charge in [-0.15, -0.1) is 0 Å². The molecule has 0 unspecified atom stereocenters. The SMILES string of the molecule is Cc1ccc(S(=O)(=O)NC(C)(C)C)cc1C(=O)N1CCC(CCN2CCOCC2)CC1. The van der Waals surface area contributed by atoms with Crippen LogP contribution >= 0.6 is 0 Å². The second-order valence-electron chi connectivity index (χ2n) is 9.81. The molecule has 0 saturated carbocycles. The zero-order valence-electron chi connectivity index (χ0n) is 19.3. The van der Waals surface area contributed by atoms with Crippen molar-refractivity contribution in [1.82, 2.24) is 14.5 Å². The van der Waals surface area contributed by atoms with Gasteiger partial charge in [-0.25, -0.2) is 13.1 Å². The number of aryl methyl sites for hydroxylation is 1. The maximum Gasteiger partial charge on any atom is 0.254 e.